The van der Waals surface area contributed by atoms with Crippen molar-refractivity contribution >= 4 is 18.5 Å². The van der Waals surface area contributed by atoms with Crippen molar-refractivity contribution in [3.8, 4) is 0 Å². The number of ether oxygens (including phenoxy) is 1. The van der Waals surface area contributed by atoms with Crippen LogP contribution in [0.5, 0.6) is 0 Å². The smallest absolute Gasteiger partial charge is 0.232 e. The molecule has 1 aliphatic heterocycles. The van der Waals surface area contributed by atoms with Gasteiger partial charge >= 0.3 is 0 Å². The predicted molar refractivity (Wildman–Crippen MR) is 55.1 cm³/mol. The summed E-state index contributed by atoms with van der Waals surface area (Å²) in [5.41, 5.74) is 0. The van der Waals surface area contributed by atoms with Crippen LogP contribution in [0.3, 0.4) is 0 Å². The Labute approximate surface area is 84.8 Å². The highest BCUT2D eigenvalue weighted by Gasteiger charge is 2.21. The molecule has 0 aromatic rings. The van der Waals surface area contributed by atoms with Gasteiger partial charge in [0.15, 0.2) is 0 Å². The molecule has 13 heavy (non-hydrogen) atoms. The van der Waals surface area contributed by atoms with Crippen molar-refractivity contribution in [3.63, 3.8) is 0 Å². The van der Waals surface area contributed by atoms with Crippen LogP contribution < -0.4 is 0 Å². The molecular weight excluding hydrogens is 186 g/mol. The molecule has 2 unspecified atom stereocenters. The number of amides is 1. The molecule has 0 saturated carbocycles. The highest BCUT2D eigenvalue weighted by atomic mass is 32.1. The van der Waals surface area contributed by atoms with Gasteiger partial charge in [-0.2, -0.15) is 12.6 Å². The monoisotopic (exact) mass is 203 g/mol. The van der Waals surface area contributed by atoms with Crippen LogP contribution in [0.1, 0.15) is 20.3 Å². The third-order valence-electron chi connectivity index (χ3n) is 2.24. The van der Waals surface area contributed by atoms with Gasteiger partial charge in [-0.15, -0.1) is 0 Å². The Kier molecular flexibility index (Phi) is 4.06. The third-order valence-corrected chi connectivity index (χ3v) is 2.51. The Hall–Kier alpha value is -0.220. The molecule has 0 aromatic heterocycles. The first kappa shape index (κ1) is 10.9. The van der Waals surface area contributed by atoms with Gasteiger partial charge in [-0.1, -0.05) is 0 Å². The van der Waals surface area contributed by atoms with Crippen molar-refractivity contribution in [2.24, 2.45) is 0 Å². The summed E-state index contributed by atoms with van der Waals surface area (Å²) in [6, 6.07) is 0. The van der Waals surface area contributed by atoms with Crippen LogP contribution in [0.25, 0.3) is 0 Å². The SMILES string of the molecule is CC1CCN(C(=O)CS)CC(C)O1. The molecule has 0 radical (unpaired) electrons. The van der Waals surface area contributed by atoms with E-state index < -0.39 is 0 Å². The third kappa shape index (κ3) is 3.19. The molecule has 76 valence electrons. The van der Waals surface area contributed by atoms with E-state index in [0.29, 0.717) is 12.3 Å². The number of nitrogens with zero attached hydrogens (tertiary/aromatic N) is 1. The average molecular weight is 203 g/mol. The predicted octanol–water partition coefficient (Wildman–Crippen LogP) is 0.942. The molecule has 0 aromatic carbocycles. The van der Waals surface area contributed by atoms with Crippen LogP contribution in [0.4, 0.5) is 0 Å². The van der Waals surface area contributed by atoms with Gasteiger partial charge in [0.25, 0.3) is 0 Å². The Morgan fingerprint density at radius 1 is 1.54 bits per heavy atom. The second-order valence-electron chi connectivity index (χ2n) is 3.54. The first-order chi connectivity index (χ1) is 6.13. The highest BCUT2D eigenvalue weighted by Crippen LogP contribution is 2.11. The van der Waals surface area contributed by atoms with Gasteiger partial charge in [0.1, 0.15) is 0 Å². The van der Waals surface area contributed by atoms with E-state index in [4.69, 9.17) is 4.74 Å². The van der Waals surface area contributed by atoms with Crippen LogP contribution in [-0.2, 0) is 9.53 Å². The van der Waals surface area contributed by atoms with Gasteiger partial charge in [-0.25, -0.2) is 0 Å². The van der Waals surface area contributed by atoms with Gasteiger partial charge in [0.2, 0.25) is 5.91 Å². The Morgan fingerprint density at radius 2 is 2.23 bits per heavy atom. The minimum atomic E-state index is 0.105. The fourth-order valence-electron chi connectivity index (χ4n) is 1.57. The molecule has 0 bridgehead atoms. The molecule has 1 aliphatic rings. The lowest BCUT2D eigenvalue weighted by molar-refractivity contribution is -0.129. The average Bonchev–Trinajstić information content (AvgIpc) is 2.25. The topological polar surface area (TPSA) is 29.5 Å². The molecule has 3 nitrogen and oxygen atoms in total. The molecule has 1 fully saturated rings. The molecule has 1 saturated heterocycles. The standard InChI is InChI=1S/C9H17NO2S/c1-7-3-4-10(9(11)6-13)5-8(2)12-7/h7-8,13H,3-6H2,1-2H3. The first-order valence-electron chi connectivity index (χ1n) is 4.67. The van der Waals surface area contributed by atoms with Crippen LogP contribution >= 0.6 is 12.6 Å². The van der Waals surface area contributed by atoms with E-state index in [-0.39, 0.29) is 18.1 Å². The maximum absolute atomic E-state index is 11.4. The molecule has 1 heterocycles. The van der Waals surface area contributed by atoms with Gasteiger partial charge in [0.05, 0.1) is 18.0 Å². The van der Waals surface area contributed by atoms with E-state index >= 15 is 0 Å². The van der Waals surface area contributed by atoms with Crippen LogP contribution in [-0.4, -0.2) is 41.9 Å². The zero-order chi connectivity index (χ0) is 9.84. The summed E-state index contributed by atoms with van der Waals surface area (Å²) in [7, 11) is 0. The maximum atomic E-state index is 11.4. The number of carbonyl (C=O) groups is 1. The van der Waals surface area contributed by atoms with Gasteiger partial charge < -0.3 is 9.64 Å². The maximum Gasteiger partial charge on any atom is 0.232 e. The molecular formula is C9H17NO2S. The second-order valence-corrected chi connectivity index (χ2v) is 3.86. The van der Waals surface area contributed by atoms with E-state index in [9.17, 15) is 4.79 Å². The van der Waals surface area contributed by atoms with Crippen molar-refractivity contribution < 1.29 is 9.53 Å². The van der Waals surface area contributed by atoms with E-state index in [0.717, 1.165) is 13.0 Å². The largest absolute Gasteiger partial charge is 0.374 e. The molecule has 2 atom stereocenters. The van der Waals surface area contributed by atoms with E-state index in [1.54, 1.807) is 0 Å². The summed E-state index contributed by atoms with van der Waals surface area (Å²) in [4.78, 5) is 13.2. The minimum Gasteiger partial charge on any atom is -0.374 e. The van der Waals surface area contributed by atoms with Gasteiger partial charge in [-0.05, 0) is 20.3 Å². The minimum absolute atomic E-state index is 0.105. The van der Waals surface area contributed by atoms with Crippen molar-refractivity contribution in [3.05, 3.63) is 0 Å². The summed E-state index contributed by atoms with van der Waals surface area (Å²) in [5, 5.41) is 0. The lowest BCUT2D eigenvalue weighted by atomic mass is 10.3. The molecule has 1 rings (SSSR count). The van der Waals surface area contributed by atoms with Crippen LogP contribution in [0.2, 0.25) is 0 Å². The quantitative estimate of drug-likeness (QED) is 0.643. The number of hydrogen-bond donors (Lipinski definition) is 1. The second kappa shape index (κ2) is 4.86. The first-order valence-corrected chi connectivity index (χ1v) is 5.31. The summed E-state index contributed by atoms with van der Waals surface area (Å²) < 4.78 is 5.62. The lowest BCUT2D eigenvalue weighted by Gasteiger charge is -2.21. The van der Waals surface area contributed by atoms with Crippen molar-refractivity contribution in [2.45, 2.75) is 32.5 Å². The van der Waals surface area contributed by atoms with E-state index in [1.165, 1.54) is 0 Å². The molecule has 0 N–H and O–H groups in total. The van der Waals surface area contributed by atoms with E-state index in [2.05, 4.69) is 12.6 Å². The summed E-state index contributed by atoms with van der Waals surface area (Å²) >= 11 is 3.98. The Bertz CT molecular complexity index is 186. The molecule has 0 spiro atoms. The lowest BCUT2D eigenvalue weighted by Crippen LogP contribution is -2.36. The normalized spacial score (nSPS) is 29.9. The summed E-state index contributed by atoms with van der Waals surface area (Å²) in [5.74, 6) is 0.397. The van der Waals surface area contributed by atoms with Crippen molar-refractivity contribution in [1.29, 1.82) is 0 Å². The van der Waals surface area contributed by atoms with Crippen molar-refractivity contribution in [2.75, 3.05) is 18.8 Å². The van der Waals surface area contributed by atoms with Gasteiger partial charge in [0, 0.05) is 13.1 Å². The number of rotatable bonds is 1. The fourth-order valence-corrected chi connectivity index (χ4v) is 1.77. The van der Waals surface area contributed by atoms with Gasteiger partial charge in [-0.3, -0.25) is 4.79 Å². The zero-order valence-corrected chi connectivity index (χ0v) is 9.09. The number of hydrogen-bond acceptors (Lipinski definition) is 3. The number of carbonyl (C=O) groups excluding carboxylic acids is 1. The van der Waals surface area contributed by atoms with E-state index in [1.807, 2.05) is 18.7 Å². The summed E-state index contributed by atoms with van der Waals surface area (Å²) in [6.45, 7) is 5.54. The summed E-state index contributed by atoms with van der Waals surface area (Å²) in [6.07, 6.45) is 1.32. The van der Waals surface area contributed by atoms with Crippen molar-refractivity contribution in [1.82, 2.24) is 4.90 Å². The molecule has 0 aliphatic carbocycles. The fraction of sp³-hybridized carbons (Fsp3) is 0.889. The highest BCUT2D eigenvalue weighted by molar-refractivity contribution is 7.81. The zero-order valence-electron chi connectivity index (χ0n) is 8.19. The Morgan fingerprint density at radius 3 is 2.85 bits per heavy atom. The van der Waals surface area contributed by atoms with Crippen LogP contribution in [0, 0.1) is 0 Å². The molecule has 1 amide bonds. The number of thiol groups is 1. The van der Waals surface area contributed by atoms with Crippen LogP contribution in [0.15, 0.2) is 0 Å². The Balaban J connectivity index is 2.52. The molecule has 4 heteroatoms.